The Morgan fingerprint density at radius 1 is 0.600 bits per heavy atom. The molecule has 0 aliphatic rings. The molecule has 0 aliphatic carbocycles. The molecule has 2 rings (SSSR count). The minimum Gasteiger partial charge on any atom is -0.214 e. The second kappa shape index (κ2) is 23.9. The molecule has 20 heavy (non-hydrogen) atoms. The van der Waals surface area contributed by atoms with Crippen LogP contribution in [0.3, 0.4) is 0 Å². The summed E-state index contributed by atoms with van der Waals surface area (Å²) in [5, 5.41) is 0. The van der Waals surface area contributed by atoms with E-state index in [1.165, 1.54) is 24.2 Å². The molecule has 0 atom stereocenters. The Kier molecular flexibility index (Phi) is 29.8. The first-order chi connectivity index (χ1) is 9.46. The fourth-order valence-electron chi connectivity index (χ4n) is 0.642. The van der Waals surface area contributed by atoms with Crippen molar-refractivity contribution in [2.24, 2.45) is 0 Å². The van der Waals surface area contributed by atoms with Gasteiger partial charge in [-0.3, -0.25) is 0 Å². The maximum absolute atomic E-state index is 3.34. The number of hydrogen-bond acceptors (Lipinski definition) is 0. The van der Waals surface area contributed by atoms with Crippen LogP contribution in [0.4, 0.5) is 0 Å². The van der Waals surface area contributed by atoms with Gasteiger partial charge >= 0.3 is 28.4 Å². The molecule has 110 valence electrons. The molecular formula is C17H30Si2Zr. The van der Waals surface area contributed by atoms with E-state index in [9.17, 15) is 0 Å². The Morgan fingerprint density at radius 3 is 0.800 bits per heavy atom. The van der Waals surface area contributed by atoms with Gasteiger partial charge in [-0.1, -0.05) is 39.3 Å². The predicted molar refractivity (Wildman–Crippen MR) is 97.9 cm³/mol. The molecule has 0 nitrogen and oxygen atoms in total. The summed E-state index contributed by atoms with van der Waals surface area (Å²) in [5.41, 5.74) is 0. The van der Waals surface area contributed by atoms with Gasteiger partial charge in [0.15, 0.2) is 0 Å². The van der Waals surface area contributed by atoms with Crippen molar-refractivity contribution in [2.45, 2.75) is 39.3 Å². The molecule has 3 heteroatoms. The van der Waals surface area contributed by atoms with Gasteiger partial charge in [-0.2, -0.15) is 36.4 Å². The van der Waals surface area contributed by atoms with Gasteiger partial charge in [0.1, 0.15) is 0 Å². The van der Waals surface area contributed by atoms with E-state index in [2.05, 4.69) is 43.5 Å². The van der Waals surface area contributed by atoms with Crippen LogP contribution < -0.4 is 0 Å². The summed E-state index contributed by atoms with van der Waals surface area (Å²) in [6, 6.07) is 20.0. The molecule has 2 aromatic carbocycles. The Hall–Kier alpha value is -0.113. The third kappa shape index (κ3) is 52.2. The fourth-order valence-corrected chi connectivity index (χ4v) is 0.642. The zero-order chi connectivity index (χ0) is 16.2. The molecule has 0 heterocycles. The summed E-state index contributed by atoms with van der Waals surface area (Å²) in [6.07, 6.45) is 0. The summed E-state index contributed by atoms with van der Waals surface area (Å²) in [7, 11) is 0.241. The van der Waals surface area contributed by atoms with E-state index in [-0.39, 0.29) is 17.6 Å². The van der Waals surface area contributed by atoms with Crippen LogP contribution in [0.1, 0.15) is 0 Å². The normalized spacial score (nSPS) is 7.90. The molecule has 0 amide bonds. The first-order valence-electron chi connectivity index (χ1n) is 6.69. The SMILES string of the molecule is C[Si](C)C.C[Si](C)C.[CH2]=[Zr+2].c1cc[cH-]c1.c1cc[cH-]c1. The van der Waals surface area contributed by atoms with Crippen molar-refractivity contribution in [2.75, 3.05) is 0 Å². The number of hydrogen-bond donors (Lipinski definition) is 0. The average molecular weight is 382 g/mol. The fraction of sp³-hybridized carbons (Fsp3) is 0.353. The van der Waals surface area contributed by atoms with E-state index in [4.69, 9.17) is 0 Å². The molecule has 2 aromatic rings. The van der Waals surface area contributed by atoms with Crippen molar-refractivity contribution in [3.63, 3.8) is 0 Å². The van der Waals surface area contributed by atoms with Gasteiger partial charge in [0, 0.05) is 17.6 Å². The molecule has 0 saturated heterocycles. The van der Waals surface area contributed by atoms with Crippen molar-refractivity contribution in [3.05, 3.63) is 60.7 Å². The van der Waals surface area contributed by atoms with Crippen molar-refractivity contribution in [3.8, 4) is 0 Å². The molecule has 0 unspecified atom stereocenters. The van der Waals surface area contributed by atoms with Crippen LogP contribution in [-0.2, 0) is 24.2 Å². The average Bonchev–Trinajstić information content (AvgIpc) is 3.09. The molecule has 2 radical (unpaired) electrons. The maximum Gasteiger partial charge on any atom is -0.172 e. The van der Waals surface area contributed by atoms with Crippen LogP contribution in [0.5, 0.6) is 0 Å². The van der Waals surface area contributed by atoms with Crippen molar-refractivity contribution >= 4 is 21.8 Å². The largest absolute Gasteiger partial charge is 0.214 e. The minimum absolute atomic E-state index is 0.120. The maximum atomic E-state index is 3.34. The Balaban J connectivity index is -0.000000187. The number of rotatable bonds is 0. The van der Waals surface area contributed by atoms with Crippen LogP contribution in [-0.4, -0.2) is 21.8 Å². The predicted octanol–water partition coefficient (Wildman–Crippen LogP) is 5.52. The second-order valence-electron chi connectivity index (χ2n) is 4.92. The molecule has 0 saturated carbocycles. The first kappa shape index (κ1) is 24.9. The minimum atomic E-state index is 0.120. The van der Waals surface area contributed by atoms with Gasteiger partial charge in [-0.05, 0) is 0 Å². The Morgan fingerprint density at radius 2 is 0.750 bits per heavy atom. The summed E-state index contributed by atoms with van der Waals surface area (Å²) < 4.78 is 3.34. The molecule has 0 bridgehead atoms. The zero-order valence-corrected chi connectivity index (χ0v) is 18.4. The summed E-state index contributed by atoms with van der Waals surface area (Å²) in [6.45, 7) is 13.6. The first-order valence-corrected chi connectivity index (χ1v) is 14.4. The van der Waals surface area contributed by atoms with Crippen molar-refractivity contribution in [1.29, 1.82) is 0 Å². The van der Waals surface area contributed by atoms with Crippen LogP contribution >= 0.6 is 0 Å². The molecule has 0 N–H and O–H groups in total. The van der Waals surface area contributed by atoms with E-state index < -0.39 is 0 Å². The molecule has 0 aliphatic heterocycles. The quantitative estimate of drug-likeness (QED) is 0.416. The van der Waals surface area contributed by atoms with Gasteiger partial charge in [0.05, 0.1) is 0 Å². The summed E-state index contributed by atoms with van der Waals surface area (Å²) in [5.74, 6) is 0. The van der Waals surface area contributed by atoms with Gasteiger partial charge in [-0.25, -0.2) is 24.3 Å². The van der Waals surface area contributed by atoms with Gasteiger partial charge < -0.3 is 0 Å². The Labute approximate surface area is 145 Å². The summed E-state index contributed by atoms with van der Waals surface area (Å²) >= 11 is 1.30. The van der Waals surface area contributed by atoms with E-state index in [0.717, 1.165) is 0 Å². The van der Waals surface area contributed by atoms with E-state index >= 15 is 0 Å². The third-order valence-corrected chi connectivity index (χ3v) is 1.11. The smallest absolute Gasteiger partial charge is 0.172 e. The zero-order valence-electron chi connectivity index (χ0n) is 14.0. The van der Waals surface area contributed by atoms with Crippen LogP contribution in [0.15, 0.2) is 60.7 Å². The van der Waals surface area contributed by atoms with E-state index in [1.807, 2.05) is 60.7 Å². The summed E-state index contributed by atoms with van der Waals surface area (Å²) in [4.78, 5) is 0. The van der Waals surface area contributed by atoms with E-state index in [1.54, 1.807) is 0 Å². The van der Waals surface area contributed by atoms with Crippen molar-refractivity contribution < 1.29 is 24.2 Å². The van der Waals surface area contributed by atoms with Crippen molar-refractivity contribution in [1.82, 2.24) is 0 Å². The van der Waals surface area contributed by atoms with Crippen LogP contribution in [0.25, 0.3) is 0 Å². The topological polar surface area (TPSA) is 0 Å². The monoisotopic (exact) mass is 380 g/mol. The van der Waals surface area contributed by atoms with Gasteiger partial charge in [-0.15, -0.1) is 0 Å². The van der Waals surface area contributed by atoms with Gasteiger partial charge in [0.25, 0.3) is 0 Å². The molecule has 0 fully saturated rings. The Bertz CT molecular complexity index is 227. The molecule has 0 spiro atoms. The van der Waals surface area contributed by atoms with Crippen LogP contribution in [0, 0.1) is 0 Å². The molecule has 0 aromatic heterocycles. The standard InChI is InChI=1S/2C5H5.2C3H9Si.CH2.Zr/c2*1-2-4-5-3-1;2*1-4(2)3;;/h2*1-5H;2*1-3H3;1H2;/q2*-1;;;;+2. The molecular weight excluding hydrogens is 352 g/mol. The van der Waals surface area contributed by atoms with Crippen LogP contribution in [0.2, 0.25) is 39.3 Å². The third-order valence-electron chi connectivity index (χ3n) is 1.11. The van der Waals surface area contributed by atoms with Gasteiger partial charge in [0.2, 0.25) is 0 Å². The second-order valence-corrected chi connectivity index (χ2v) is 10.9. The van der Waals surface area contributed by atoms with E-state index in [0.29, 0.717) is 0 Å².